The van der Waals surface area contributed by atoms with Crippen molar-refractivity contribution in [2.45, 2.75) is 39.0 Å². The molecule has 2 heterocycles. The van der Waals surface area contributed by atoms with Gasteiger partial charge in [0.15, 0.2) is 0 Å². The van der Waals surface area contributed by atoms with Crippen LogP contribution in [0.5, 0.6) is 0 Å². The van der Waals surface area contributed by atoms with E-state index >= 15 is 0 Å². The zero-order valence-electron chi connectivity index (χ0n) is 17.5. The Labute approximate surface area is 172 Å². The Morgan fingerprint density at radius 2 is 1.90 bits per heavy atom. The van der Waals surface area contributed by atoms with Crippen molar-refractivity contribution in [2.24, 2.45) is 0 Å². The second-order valence-electron chi connectivity index (χ2n) is 8.78. The molecule has 2 aromatic rings. The first-order valence-corrected chi connectivity index (χ1v) is 10.4. The molecule has 3 nitrogen and oxygen atoms in total. The maximum absolute atomic E-state index is 14.2. The Bertz CT molecular complexity index is 953. The van der Waals surface area contributed by atoms with Crippen molar-refractivity contribution in [1.29, 1.82) is 0 Å². The zero-order chi connectivity index (χ0) is 20.6. The normalized spacial score (nSPS) is 18.0. The largest absolute Gasteiger partial charge is 0.307 e. The lowest BCUT2D eigenvalue weighted by Gasteiger charge is -2.39. The number of likely N-dealkylation sites (tertiary alicyclic amines) is 1. The monoisotopic (exact) mass is 392 g/mol. The smallest absolute Gasteiger partial charge is 0.258 e. The minimum atomic E-state index is -0.222. The van der Waals surface area contributed by atoms with Gasteiger partial charge in [0.05, 0.1) is 0 Å². The SMILES string of the molecule is CC(C)=CCN1CCC2(CC1)CN(C(=O)c1cccc(C)c1)c1ccc(F)cc12. The number of anilines is 1. The third-order valence-corrected chi connectivity index (χ3v) is 6.36. The first kappa shape index (κ1) is 19.8. The van der Waals surface area contributed by atoms with Gasteiger partial charge in [0, 0.05) is 29.8 Å². The van der Waals surface area contributed by atoms with Gasteiger partial charge in [-0.1, -0.05) is 29.3 Å². The molecule has 29 heavy (non-hydrogen) atoms. The topological polar surface area (TPSA) is 23.6 Å². The molecule has 0 aromatic heterocycles. The maximum Gasteiger partial charge on any atom is 0.258 e. The van der Waals surface area contributed by atoms with Crippen LogP contribution >= 0.6 is 0 Å². The van der Waals surface area contributed by atoms with Crippen LogP contribution in [0.4, 0.5) is 10.1 Å². The summed E-state index contributed by atoms with van der Waals surface area (Å²) in [7, 11) is 0. The van der Waals surface area contributed by atoms with Gasteiger partial charge in [-0.15, -0.1) is 0 Å². The van der Waals surface area contributed by atoms with Gasteiger partial charge in [0.2, 0.25) is 0 Å². The number of hydrogen-bond acceptors (Lipinski definition) is 2. The molecule has 0 aliphatic carbocycles. The summed E-state index contributed by atoms with van der Waals surface area (Å²) in [5.74, 6) is -0.217. The summed E-state index contributed by atoms with van der Waals surface area (Å²) in [6.45, 7) is 9.76. The zero-order valence-corrected chi connectivity index (χ0v) is 17.5. The third-order valence-electron chi connectivity index (χ3n) is 6.36. The first-order chi connectivity index (χ1) is 13.9. The number of rotatable bonds is 3. The number of carbonyl (C=O) groups excluding carboxylic acids is 1. The number of halogens is 1. The van der Waals surface area contributed by atoms with Gasteiger partial charge in [-0.05, 0) is 82.6 Å². The highest BCUT2D eigenvalue weighted by Gasteiger charge is 2.46. The van der Waals surface area contributed by atoms with Gasteiger partial charge in [-0.3, -0.25) is 9.69 Å². The number of aryl methyl sites for hydroxylation is 1. The molecule has 0 radical (unpaired) electrons. The fourth-order valence-corrected chi connectivity index (χ4v) is 4.66. The van der Waals surface area contributed by atoms with E-state index in [-0.39, 0.29) is 17.1 Å². The summed E-state index contributed by atoms with van der Waals surface area (Å²) in [6.07, 6.45) is 4.14. The lowest BCUT2D eigenvalue weighted by molar-refractivity contribution is 0.0977. The summed E-state index contributed by atoms with van der Waals surface area (Å²) in [4.78, 5) is 17.6. The number of benzene rings is 2. The molecular weight excluding hydrogens is 363 g/mol. The molecule has 1 saturated heterocycles. The van der Waals surface area contributed by atoms with E-state index in [0.29, 0.717) is 12.1 Å². The van der Waals surface area contributed by atoms with Gasteiger partial charge in [0.25, 0.3) is 5.91 Å². The van der Waals surface area contributed by atoms with E-state index in [2.05, 4.69) is 24.8 Å². The summed E-state index contributed by atoms with van der Waals surface area (Å²) in [6, 6.07) is 12.6. The highest BCUT2D eigenvalue weighted by Crippen LogP contribution is 2.47. The minimum Gasteiger partial charge on any atom is -0.307 e. The lowest BCUT2D eigenvalue weighted by Crippen LogP contribution is -2.46. The number of fused-ring (bicyclic) bond motifs is 2. The van der Waals surface area contributed by atoms with Gasteiger partial charge < -0.3 is 4.90 Å². The molecule has 1 amide bonds. The average Bonchev–Trinajstić information content (AvgIpc) is 3.00. The van der Waals surface area contributed by atoms with Crippen molar-refractivity contribution in [3.63, 3.8) is 0 Å². The molecule has 4 heteroatoms. The Kier molecular flexibility index (Phi) is 5.30. The highest BCUT2D eigenvalue weighted by atomic mass is 19.1. The quantitative estimate of drug-likeness (QED) is 0.679. The van der Waals surface area contributed by atoms with E-state index in [4.69, 9.17) is 0 Å². The van der Waals surface area contributed by atoms with Gasteiger partial charge in [-0.2, -0.15) is 0 Å². The van der Waals surface area contributed by atoms with Crippen molar-refractivity contribution in [3.05, 3.63) is 76.6 Å². The third kappa shape index (κ3) is 3.86. The number of hydrogen-bond donors (Lipinski definition) is 0. The summed E-state index contributed by atoms with van der Waals surface area (Å²) < 4.78 is 14.2. The number of allylic oxidation sites excluding steroid dienone is 1. The fourth-order valence-electron chi connectivity index (χ4n) is 4.66. The van der Waals surface area contributed by atoms with E-state index in [1.807, 2.05) is 36.1 Å². The van der Waals surface area contributed by atoms with Gasteiger partial charge >= 0.3 is 0 Å². The highest BCUT2D eigenvalue weighted by molar-refractivity contribution is 6.07. The second kappa shape index (κ2) is 7.75. The van der Waals surface area contributed by atoms with Crippen LogP contribution in [0, 0.1) is 12.7 Å². The Hall–Kier alpha value is -2.46. The number of piperidine rings is 1. The van der Waals surface area contributed by atoms with E-state index in [1.165, 1.54) is 11.6 Å². The molecule has 0 saturated carbocycles. The molecule has 1 spiro atoms. The average molecular weight is 393 g/mol. The number of nitrogens with zero attached hydrogens (tertiary/aromatic N) is 2. The van der Waals surface area contributed by atoms with Crippen LogP contribution in [0.15, 0.2) is 54.1 Å². The minimum absolute atomic E-state index is 0.00500. The van der Waals surface area contributed by atoms with Crippen LogP contribution in [0.25, 0.3) is 0 Å². The van der Waals surface area contributed by atoms with Crippen LogP contribution < -0.4 is 4.90 Å². The Morgan fingerprint density at radius 1 is 1.14 bits per heavy atom. The van der Waals surface area contributed by atoms with Crippen LogP contribution in [0.1, 0.15) is 48.2 Å². The van der Waals surface area contributed by atoms with Crippen molar-refractivity contribution < 1.29 is 9.18 Å². The predicted molar refractivity (Wildman–Crippen MR) is 116 cm³/mol. The van der Waals surface area contributed by atoms with Crippen LogP contribution in [0.2, 0.25) is 0 Å². The lowest BCUT2D eigenvalue weighted by atomic mass is 9.74. The summed E-state index contributed by atoms with van der Waals surface area (Å²) >= 11 is 0. The molecule has 1 fully saturated rings. The first-order valence-electron chi connectivity index (χ1n) is 10.4. The van der Waals surface area contributed by atoms with Crippen molar-refractivity contribution in [1.82, 2.24) is 4.90 Å². The number of carbonyl (C=O) groups is 1. The molecule has 0 N–H and O–H groups in total. The van der Waals surface area contributed by atoms with E-state index in [0.717, 1.165) is 49.3 Å². The molecule has 0 atom stereocenters. The summed E-state index contributed by atoms with van der Waals surface area (Å²) in [5.41, 5.74) is 4.80. The van der Waals surface area contributed by atoms with Crippen molar-refractivity contribution in [2.75, 3.05) is 31.1 Å². The standard InChI is InChI=1S/C25H29FN2O/c1-18(2)9-12-27-13-10-25(11-14-27)17-28(23-8-7-21(26)16-22(23)25)24(29)20-6-4-5-19(3)15-20/h4-9,15-16H,10-14,17H2,1-3H3. The van der Waals surface area contributed by atoms with E-state index in [9.17, 15) is 9.18 Å². The molecule has 152 valence electrons. The number of amides is 1. The second-order valence-corrected chi connectivity index (χ2v) is 8.78. The molecule has 2 aliphatic heterocycles. The molecule has 0 bridgehead atoms. The predicted octanol–water partition coefficient (Wildman–Crippen LogP) is 5.09. The van der Waals surface area contributed by atoms with E-state index < -0.39 is 0 Å². The van der Waals surface area contributed by atoms with Crippen LogP contribution in [-0.2, 0) is 5.41 Å². The molecule has 2 aromatic carbocycles. The van der Waals surface area contributed by atoms with Crippen LogP contribution in [0.3, 0.4) is 0 Å². The van der Waals surface area contributed by atoms with Crippen molar-refractivity contribution in [3.8, 4) is 0 Å². The Morgan fingerprint density at radius 3 is 2.59 bits per heavy atom. The van der Waals surface area contributed by atoms with Crippen molar-refractivity contribution >= 4 is 11.6 Å². The molecular formula is C25H29FN2O. The maximum atomic E-state index is 14.2. The van der Waals surface area contributed by atoms with Crippen LogP contribution in [-0.4, -0.2) is 37.0 Å². The molecule has 4 rings (SSSR count). The molecule has 0 unspecified atom stereocenters. The fraction of sp³-hybridized carbons (Fsp3) is 0.400. The molecule has 2 aliphatic rings. The van der Waals surface area contributed by atoms with E-state index in [1.54, 1.807) is 12.1 Å². The van der Waals surface area contributed by atoms with Gasteiger partial charge in [-0.25, -0.2) is 4.39 Å². The summed E-state index contributed by atoms with van der Waals surface area (Å²) in [5, 5.41) is 0. The Balaban J connectivity index is 1.62. The van der Waals surface area contributed by atoms with Gasteiger partial charge in [0.1, 0.15) is 5.82 Å².